The smallest absolute Gasteiger partial charge is 0.269 e. The van der Waals surface area contributed by atoms with E-state index in [0.717, 1.165) is 22.6 Å². The fourth-order valence-electron chi connectivity index (χ4n) is 2.28. The Bertz CT molecular complexity index is 677. The highest BCUT2D eigenvalue weighted by Gasteiger charge is 2.10. The zero-order valence-electron chi connectivity index (χ0n) is 11.9. The Morgan fingerprint density at radius 1 is 1.20 bits per heavy atom. The number of aromatic nitrogens is 1. The van der Waals surface area contributed by atoms with E-state index in [2.05, 4.69) is 0 Å². The maximum Gasteiger partial charge on any atom is 0.269 e. The summed E-state index contributed by atoms with van der Waals surface area (Å²) in [5.41, 5.74) is 2.81. The van der Waals surface area contributed by atoms with Gasteiger partial charge in [0, 0.05) is 12.1 Å². The molecule has 1 heterocycles. The monoisotopic (exact) mass is 291 g/mol. The highest BCUT2D eigenvalue weighted by Crippen LogP contribution is 2.27. The summed E-state index contributed by atoms with van der Waals surface area (Å²) >= 11 is 5.90. The van der Waals surface area contributed by atoms with E-state index in [9.17, 15) is 4.79 Å². The van der Waals surface area contributed by atoms with E-state index in [1.54, 1.807) is 10.6 Å². The molecule has 0 aliphatic rings. The fraction of sp³-hybridized carbons (Fsp3) is 0.312. The van der Waals surface area contributed by atoms with Gasteiger partial charge in [-0.15, -0.1) is 0 Å². The second-order valence-corrected chi connectivity index (χ2v) is 4.93. The van der Waals surface area contributed by atoms with E-state index in [1.165, 1.54) is 0 Å². The van der Waals surface area contributed by atoms with Gasteiger partial charge in [0.1, 0.15) is 10.8 Å². The van der Waals surface area contributed by atoms with Crippen molar-refractivity contribution in [1.29, 1.82) is 0 Å². The largest absolute Gasteiger partial charge is 0.494 e. The Morgan fingerprint density at radius 2 is 1.95 bits per heavy atom. The third-order valence-electron chi connectivity index (χ3n) is 3.23. The predicted molar refractivity (Wildman–Crippen MR) is 82.7 cm³/mol. The molecule has 0 bridgehead atoms. The molecular weight excluding hydrogens is 274 g/mol. The van der Waals surface area contributed by atoms with E-state index in [1.807, 2.05) is 45.0 Å². The van der Waals surface area contributed by atoms with Gasteiger partial charge in [-0.2, -0.15) is 0 Å². The fourth-order valence-corrected chi connectivity index (χ4v) is 2.45. The van der Waals surface area contributed by atoms with E-state index in [-0.39, 0.29) is 10.6 Å². The van der Waals surface area contributed by atoms with Crippen molar-refractivity contribution in [1.82, 2.24) is 4.57 Å². The SMILES string of the molecule is CCOc1ccc(-c2ccc(Cl)c(=O)n2CC)c(C)c1. The van der Waals surface area contributed by atoms with Crippen LogP contribution in [0.5, 0.6) is 5.75 Å². The summed E-state index contributed by atoms with van der Waals surface area (Å²) in [5, 5.41) is 0.249. The van der Waals surface area contributed by atoms with E-state index >= 15 is 0 Å². The zero-order valence-corrected chi connectivity index (χ0v) is 12.7. The van der Waals surface area contributed by atoms with Gasteiger partial charge in [-0.3, -0.25) is 4.79 Å². The van der Waals surface area contributed by atoms with Gasteiger partial charge in [0.15, 0.2) is 0 Å². The number of rotatable bonds is 4. The third-order valence-corrected chi connectivity index (χ3v) is 3.52. The standard InChI is InChI=1S/C16H18ClNO2/c1-4-18-15(9-8-14(17)16(18)19)13-7-6-12(20-5-2)10-11(13)3/h6-10H,4-5H2,1-3H3. The first-order valence-corrected chi connectivity index (χ1v) is 7.09. The molecule has 0 N–H and O–H groups in total. The first-order chi connectivity index (χ1) is 9.58. The Morgan fingerprint density at radius 3 is 2.55 bits per heavy atom. The lowest BCUT2D eigenvalue weighted by molar-refractivity contribution is 0.340. The number of aryl methyl sites for hydroxylation is 1. The number of nitrogens with zero attached hydrogens (tertiary/aromatic N) is 1. The van der Waals surface area contributed by atoms with Crippen molar-refractivity contribution in [3.05, 3.63) is 51.3 Å². The topological polar surface area (TPSA) is 31.2 Å². The second-order valence-electron chi connectivity index (χ2n) is 4.53. The molecule has 1 aromatic carbocycles. The van der Waals surface area contributed by atoms with E-state index in [4.69, 9.17) is 16.3 Å². The van der Waals surface area contributed by atoms with E-state index in [0.29, 0.717) is 13.2 Å². The molecule has 0 unspecified atom stereocenters. The van der Waals surface area contributed by atoms with Gasteiger partial charge in [-0.05, 0) is 56.7 Å². The lowest BCUT2D eigenvalue weighted by Crippen LogP contribution is -2.21. The lowest BCUT2D eigenvalue weighted by Gasteiger charge is -2.14. The molecule has 0 spiro atoms. The Labute approximate surface area is 123 Å². The molecule has 3 nitrogen and oxygen atoms in total. The van der Waals surface area contributed by atoms with Gasteiger partial charge in [0.05, 0.1) is 12.3 Å². The molecule has 0 aliphatic carbocycles. The molecule has 0 aliphatic heterocycles. The van der Waals surface area contributed by atoms with Crippen LogP contribution in [0.4, 0.5) is 0 Å². The molecule has 0 atom stereocenters. The summed E-state index contributed by atoms with van der Waals surface area (Å²) in [7, 11) is 0. The van der Waals surface area contributed by atoms with Gasteiger partial charge in [0.2, 0.25) is 0 Å². The quantitative estimate of drug-likeness (QED) is 0.855. The molecule has 4 heteroatoms. The highest BCUT2D eigenvalue weighted by molar-refractivity contribution is 6.30. The van der Waals surface area contributed by atoms with E-state index < -0.39 is 0 Å². The Kier molecular flexibility index (Phi) is 4.50. The number of hydrogen-bond donors (Lipinski definition) is 0. The molecule has 0 saturated heterocycles. The molecule has 20 heavy (non-hydrogen) atoms. The molecular formula is C16H18ClNO2. The van der Waals surface area contributed by atoms with Crippen LogP contribution in [0.15, 0.2) is 35.1 Å². The van der Waals surface area contributed by atoms with Crippen molar-refractivity contribution >= 4 is 11.6 Å². The van der Waals surface area contributed by atoms with Crippen LogP contribution in [0, 0.1) is 6.92 Å². The van der Waals surface area contributed by atoms with Crippen LogP contribution in [-0.4, -0.2) is 11.2 Å². The lowest BCUT2D eigenvalue weighted by atomic mass is 10.0. The molecule has 0 fully saturated rings. The number of halogens is 1. The zero-order chi connectivity index (χ0) is 14.7. The average molecular weight is 292 g/mol. The average Bonchev–Trinajstić information content (AvgIpc) is 2.43. The van der Waals surface area contributed by atoms with Crippen molar-refractivity contribution in [2.24, 2.45) is 0 Å². The molecule has 2 rings (SSSR count). The van der Waals surface area contributed by atoms with Crippen LogP contribution in [0.3, 0.4) is 0 Å². The summed E-state index contributed by atoms with van der Waals surface area (Å²) in [6.07, 6.45) is 0. The minimum absolute atomic E-state index is 0.153. The second kappa shape index (κ2) is 6.14. The number of benzene rings is 1. The molecule has 0 saturated carbocycles. The number of hydrogen-bond acceptors (Lipinski definition) is 2. The first-order valence-electron chi connectivity index (χ1n) is 6.71. The van der Waals surface area contributed by atoms with Gasteiger partial charge in [0.25, 0.3) is 5.56 Å². The van der Waals surface area contributed by atoms with Crippen LogP contribution >= 0.6 is 11.6 Å². The predicted octanol–water partition coefficient (Wildman–Crippen LogP) is 3.90. The molecule has 0 amide bonds. The third kappa shape index (κ3) is 2.73. The summed E-state index contributed by atoms with van der Waals surface area (Å²) in [5.74, 6) is 0.841. The summed E-state index contributed by atoms with van der Waals surface area (Å²) in [4.78, 5) is 12.1. The van der Waals surface area contributed by atoms with Crippen molar-refractivity contribution in [3.8, 4) is 17.0 Å². The van der Waals surface area contributed by atoms with Gasteiger partial charge >= 0.3 is 0 Å². The van der Waals surface area contributed by atoms with Crippen LogP contribution in [0.25, 0.3) is 11.3 Å². The summed E-state index contributed by atoms with van der Waals surface area (Å²) in [6, 6.07) is 9.43. The van der Waals surface area contributed by atoms with Crippen molar-refractivity contribution in [3.63, 3.8) is 0 Å². The van der Waals surface area contributed by atoms with Crippen LogP contribution in [-0.2, 0) is 6.54 Å². The Balaban J connectivity index is 2.57. The minimum Gasteiger partial charge on any atom is -0.494 e. The van der Waals surface area contributed by atoms with Crippen LogP contribution in [0.2, 0.25) is 5.02 Å². The normalized spacial score (nSPS) is 10.6. The molecule has 0 radical (unpaired) electrons. The van der Waals surface area contributed by atoms with Crippen LogP contribution < -0.4 is 10.3 Å². The van der Waals surface area contributed by atoms with Crippen molar-refractivity contribution < 1.29 is 4.74 Å². The first kappa shape index (κ1) is 14.7. The number of ether oxygens (including phenoxy) is 1. The maximum absolute atomic E-state index is 12.1. The summed E-state index contributed by atoms with van der Waals surface area (Å²) < 4.78 is 7.17. The van der Waals surface area contributed by atoms with Gasteiger partial charge in [-0.25, -0.2) is 0 Å². The minimum atomic E-state index is -0.153. The maximum atomic E-state index is 12.1. The number of pyridine rings is 1. The molecule has 106 valence electrons. The van der Waals surface area contributed by atoms with Crippen molar-refractivity contribution in [2.45, 2.75) is 27.3 Å². The summed E-state index contributed by atoms with van der Waals surface area (Å²) in [6.45, 7) is 7.13. The molecule has 2 aromatic rings. The van der Waals surface area contributed by atoms with Gasteiger partial charge in [-0.1, -0.05) is 11.6 Å². The van der Waals surface area contributed by atoms with Crippen LogP contribution in [0.1, 0.15) is 19.4 Å². The molecule has 1 aromatic heterocycles. The van der Waals surface area contributed by atoms with Crippen molar-refractivity contribution in [2.75, 3.05) is 6.61 Å². The Hall–Kier alpha value is -1.74. The highest BCUT2D eigenvalue weighted by atomic mass is 35.5. The van der Waals surface area contributed by atoms with Gasteiger partial charge < -0.3 is 9.30 Å².